The number of aromatic nitrogens is 8. The highest BCUT2D eigenvalue weighted by Gasteiger charge is 2.37. The van der Waals surface area contributed by atoms with Crippen LogP contribution in [0.5, 0.6) is 0 Å². The Kier molecular flexibility index (Phi) is 27.1. The van der Waals surface area contributed by atoms with Crippen LogP contribution in [0.2, 0.25) is 30.3 Å². The number of nitrogens with zero attached hydrogens (tertiary/aromatic N) is 14. The van der Waals surface area contributed by atoms with E-state index in [0.29, 0.717) is 96.5 Å². The van der Waals surface area contributed by atoms with E-state index in [4.69, 9.17) is 128 Å². The molecule has 121 heavy (non-hydrogen) atoms. The second-order valence-corrected chi connectivity index (χ2v) is 36.4. The second-order valence-electron chi connectivity index (χ2n) is 33.1. The summed E-state index contributed by atoms with van der Waals surface area (Å²) in [5, 5.41) is 30.1. The number of carbonyl (C=O) groups is 3. The summed E-state index contributed by atoms with van der Waals surface area (Å²) in [6.07, 6.45) is 11.3. The minimum Gasteiger partial charge on any atom is -0.456 e. The van der Waals surface area contributed by atoms with Crippen LogP contribution in [0.3, 0.4) is 0 Å². The van der Waals surface area contributed by atoms with Crippen LogP contribution >= 0.6 is 85.5 Å². The van der Waals surface area contributed by atoms with Gasteiger partial charge >= 0.3 is 17.9 Å². The molecule has 0 radical (unpaired) electrons. The molecule has 32 heteroatoms. The first-order chi connectivity index (χ1) is 56.6. The average molecular weight is 1810 g/mol. The predicted octanol–water partition coefficient (Wildman–Crippen LogP) is 22.6. The Bertz CT molecular complexity index is 6390. The van der Waals surface area contributed by atoms with Gasteiger partial charge in [0.05, 0.1) is 55.5 Å². The maximum Gasteiger partial charge on any atom is 0.340 e. The Morgan fingerprint density at radius 2 is 0.719 bits per heavy atom. The zero-order valence-electron chi connectivity index (χ0n) is 68.7. The first-order valence-corrected chi connectivity index (χ1v) is 41.0. The van der Waals surface area contributed by atoms with Crippen molar-refractivity contribution in [3.63, 3.8) is 0 Å². The molecule has 0 bridgehead atoms. The van der Waals surface area contributed by atoms with E-state index >= 15 is 0 Å². The van der Waals surface area contributed by atoms with Crippen LogP contribution in [0.25, 0.3) is 74.7 Å². The third kappa shape index (κ3) is 21.7. The van der Waals surface area contributed by atoms with E-state index in [2.05, 4.69) is 65.9 Å². The smallest absolute Gasteiger partial charge is 0.340 e. The van der Waals surface area contributed by atoms with Gasteiger partial charge in [-0.15, -0.1) is 0 Å². The molecule has 0 aliphatic carbocycles. The molecule has 0 saturated heterocycles. The fourth-order valence-corrected chi connectivity index (χ4v) is 15.8. The molecule has 8 aromatic heterocycles. The summed E-state index contributed by atoms with van der Waals surface area (Å²) in [5.41, 5.74) is 47.2. The molecule has 3 aliphatic rings. The Balaban J connectivity index is 0.000000146. The molecule has 11 heterocycles. The molecule has 0 unspecified atom stereocenters. The maximum absolute atomic E-state index is 12.2. The quantitative estimate of drug-likeness (QED) is 0.0212. The van der Waals surface area contributed by atoms with E-state index in [1.54, 1.807) is 105 Å². The minimum absolute atomic E-state index is 0.316. The fraction of sp³-hybridized carbons (Fsp3) is 0.292. The van der Waals surface area contributed by atoms with Gasteiger partial charge in [0.1, 0.15) is 39.4 Å². The van der Waals surface area contributed by atoms with Crippen LogP contribution < -0.4 is 22.9 Å². The number of pyridine rings is 8. The van der Waals surface area contributed by atoms with Gasteiger partial charge in [0.2, 0.25) is 0 Å². The van der Waals surface area contributed by atoms with E-state index in [1.165, 1.54) is 0 Å². The van der Waals surface area contributed by atoms with Gasteiger partial charge in [-0.3, -0.25) is 19.9 Å². The van der Waals surface area contributed by atoms with Crippen molar-refractivity contribution < 1.29 is 33.7 Å². The van der Waals surface area contributed by atoms with Crippen molar-refractivity contribution in [3.05, 3.63) is 293 Å². The van der Waals surface area contributed by atoms with Gasteiger partial charge in [0, 0.05) is 158 Å². The van der Waals surface area contributed by atoms with Crippen LogP contribution in [0, 0.1) is 0 Å². The zero-order chi connectivity index (χ0) is 88.4. The number of nitrogens with two attached hydrogens (primary N) is 4. The average Bonchev–Trinajstić information content (AvgIpc) is 0.781. The Hall–Kier alpha value is -10.8. The van der Waals surface area contributed by atoms with Crippen molar-refractivity contribution in [3.8, 4) is 0 Å². The number of fused-ring (bicyclic) bond motifs is 8. The van der Waals surface area contributed by atoms with Crippen molar-refractivity contribution in [2.24, 2.45) is 16.0 Å². The fourth-order valence-electron chi connectivity index (χ4n) is 14.1. The summed E-state index contributed by atoms with van der Waals surface area (Å²) in [5.74, 6) is 0.344. The Morgan fingerprint density at radius 1 is 0.413 bits per heavy atom. The van der Waals surface area contributed by atoms with Crippen LogP contribution in [0.4, 0.5) is 17.5 Å². The summed E-state index contributed by atoms with van der Waals surface area (Å²) >= 11 is 40.1. The van der Waals surface area contributed by atoms with Crippen molar-refractivity contribution >= 4 is 175 Å². The number of azide groups is 2. The van der Waals surface area contributed by atoms with E-state index in [1.807, 2.05) is 150 Å². The van der Waals surface area contributed by atoms with Crippen LogP contribution in [-0.2, 0) is 68.5 Å². The molecule has 624 valence electrons. The number of nitrogen functional groups attached to an aromatic ring is 3. The number of carbonyl (C=O) groups excluding carboxylic acids is 3. The van der Waals surface area contributed by atoms with Crippen LogP contribution in [0.1, 0.15) is 190 Å². The van der Waals surface area contributed by atoms with Crippen molar-refractivity contribution in [2.45, 2.75) is 168 Å². The summed E-state index contributed by atoms with van der Waals surface area (Å²) < 4.78 is 17.1. The third-order valence-corrected chi connectivity index (χ3v) is 22.4. The van der Waals surface area contributed by atoms with Crippen LogP contribution in [-0.4, -0.2) is 79.7 Å². The lowest BCUT2D eigenvalue weighted by Crippen LogP contribution is -2.36. The molecule has 3 aliphatic heterocycles. The third-order valence-electron chi connectivity index (χ3n) is 19.9. The lowest BCUT2D eigenvalue weighted by Gasteiger charge is -2.30. The van der Waals surface area contributed by atoms with Gasteiger partial charge in [-0.1, -0.05) is 148 Å². The van der Waals surface area contributed by atoms with Crippen molar-refractivity contribution in [1.82, 2.24) is 39.9 Å². The topological polar surface area (TPSA) is 404 Å². The van der Waals surface area contributed by atoms with Gasteiger partial charge < -0.3 is 42.3 Å². The summed E-state index contributed by atoms with van der Waals surface area (Å²) in [7, 11) is 0. The highest BCUT2D eigenvalue weighted by molar-refractivity contribution is 9.10. The number of ether oxygens (including phenoxy) is 3. The monoisotopic (exact) mass is 1810 g/mol. The number of halogens is 7. The summed E-state index contributed by atoms with van der Waals surface area (Å²) in [6, 6.07) is 38.2. The Morgan fingerprint density at radius 3 is 1.09 bits per heavy atom. The number of esters is 3. The van der Waals surface area contributed by atoms with Crippen LogP contribution in [0.15, 0.2) is 173 Å². The second kappa shape index (κ2) is 36.1. The SMILES string of the molecule is CC(C)(N=[N+]=[N-])c1ccc(Cl)c2cnc(N)cc12.CC(C)(O)c1ccc(Cl)c2cnc(N)cc12.CC1(C)Cc2nc(Cc3cc4c(C(C)(C)N)ccc(Cl)c4cn3)ccc2C(=O)O1.CC1(C)Cc2nc(Cc3cc4c(C(C)(C)N=[N+]=[N-])ccc(Cl)c4cn3)ccc2C(=O)O1.CC1(C)Cc2nc(Cl)ccc2C(=O)O1.Nc1cc2c(Br)ccc(Cl)c2cn1. The number of hydrogen-bond donors (Lipinski definition) is 5. The number of cyclic esters (lactones) is 3. The number of rotatable bonds is 10. The van der Waals surface area contributed by atoms with Gasteiger partial charge in [0.15, 0.2) is 0 Å². The van der Waals surface area contributed by atoms with Gasteiger partial charge in [-0.05, 0) is 227 Å². The molecule has 25 nitrogen and oxygen atoms in total. The molecule has 5 aromatic carbocycles. The van der Waals surface area contributed by atoms with Gasteiger partial charge in [0.25, 0.3) is 0 Å². The number of anilines is 3. The first kappa shape index (κ1) is 90.9. The largest absolute Gasteiger partial charge is 0.456 e. The van der Waals surface area contributed by atoms with Crippen molar-refractivity contribution in [1.29, 1.82) is 0 Å². The highest BCUT2D eigenvalue weighted by atomic mass is 79.9. The lowest BCUT2D eigenvalue weighted by atomic mass is 9.90. The number of hydrogen-bond acceptors (Lipinski definition) is 21. The predicted molar refractivity (Wildman–Crippen MR) is 484 cm³/mol. The highest BCUT2D eigenvalue weighted by Crippen LogP contribution is 2.41. The van der Waals surface area contributed by atoms with E-state index in [-0.39, 0.29) is 17.9 Å². The summed E-state index contributed by atoms with van der Waals surface area (Å²) in [4.78, 5) is 76.5. The molecule has 0 atom stereocenters. The molecular weight excluding hydrogens is 1730 g/mol. The Labute approximate surface area is 737 Å². The van der Waals surface area contributed by atoms with E-state index in [9.17, 15) is 19.5 Å². The van der Waals surface area contributed by atoms with E-state index in [0.717, 1.165) is 120 Å². The molecule has 0 saturated carbocycles. The minimum atomic E-state index is -0.934. The molecule has 0 fully saturated rings. The molecule has 16 rings (SSSR count). The number of aliphatic hydroxyl groups is 1. The number of benzene rings is 5. The molecule has 0 amide bonds. The molecule has 9 N–H and O–H groups in total. The lowest BCUT2D eigenvalue weighted by molar-refractivity contribution is -0.00841. The zero-order valence-corrected chi connectivity index (χ0v) is 74.8. The normalized spacial score (nSPS) is 14.3. The molecular formula is C89H87BrCl6N18O7. The van der Waals surface area contributed by atoms with Crippen molar-refractivity contribution in [2.75, 3.05) is 17.2 Å². The van der Waals surface area contributed by atoms with Gasteiger partial charge in [-0.25, -0.2) is 34.3 Å². The summed E-state index contributed by atoms with van der Waals surface area (Å²) in [6.45, 7) is 26.1. The first-order valence-electron chi connectivity index (χ1n) is 37.9. The molecule has 0 spiro atoms. The van der Waals surface area contributed by atoms with E-state index < -0.39 is 39.0 Å². The van der Waals surface area contributed by atoms with Gasteiger partial charge in [-0.2, -0.15) is 0 Å². The standard InChI is InChI=1S/C23H22ClN5O2.C23H24ClN3O2.C12H12ClN5.C12H13ClN2O.C10H10ClNO2.C9H6BrClN2/c1-22(2)11-20-15(21(30)31-22)6-5-13(27-20)9-14-10-16-17(12-26-14)19(24)8-7-18(16)23(3,4)28-29-25;1-22(2)11-20-15(21(28)29-22)6-5-13(27-20)9-14-10-16-17(12-26-14)19(24)8-7-18(16)23(3,4)25;1-12(2,17-18-15)9-3-4-10(13)8-6-16-11(14)5-7(8)9;1-12(2,16)9-3-4-10(13)8-6-15-11(14)5-7(8)9;1-10(2)5-7-6(9(13)14-10)3-4-8(11)12-7;10-7-1-2-8(11)6-4-13-9(12)3-5(6)7/h5-8,10,12H,9,11H2,1-4H3;5-8,10,12H,9,11,25H2,1-4H3;3-6H,1-2H3,(H2,14,16);3-6,16H,1-2H3,(H2,14,15);3-4H,5H2,1-2H3;1-4H,(H2,12,13). The maximum atomic E-state index is 12.2. The molecule has 13 aromatic rings.